The average Bonchev–Trinajstić information content (AvgIpc) is 3.12. The zero-order valence-corrected chi connectivity index (χ0v) is 25.1. The molecule has 0 amide bonds. The van der Waals surface area contributed by atoms with Gasteiger partial charge in [-0.1, -0.05) is 81.4 Å². The van der Waals surface area contributed by atoms with E-state index in [0.29, 0.717) is 19.5 Å². The Morgan fingerprint density at radius 1 is 1.12 bits per heavy atom. The fourth-order valence-electron chi connectivity index (χ4n) is 9.63. The molecule has 0 radical (unpaired) electrons. The van der Waals surface area contributed by atoms with Gasteiger partial charge in [0.15, 0.2) is 10.9 Å². The zero-order chi connectivity index (χ0) is 28.9. The number of benzene rings is 1. The summed E-state index contributed by atoms with van der Waals surface area (Å²) in [4.78, 5) is 25.9. The van der Waals surface area contributed by atoms with E-state index in [9.17, 15) is 24.3 Å². The number of alkyl halides is 1. The first-order chi connectivity index (χ1) is 18.9. The summed E-state index contributed by atoms with van der Waals surface area (Å²) in [5.74, 6) is -0.517. The molecule has 4 aliphatic carbocycles. The van der Waals surface area contributed by atoms with Crippen molar-refractivity contribution in [1.29, 1.82) is 0 Å². The topological polar surface area (TPSA) is 77.8 Å². The van der Waals surface area contributed by atoms with E-state index in [1.54, 1.807) is 12.2 Å². The number of hydrogen-bond acceptors (Lipinski definition) is 6. The van der Waals surface area contributed by atoms with Crippen molar-refractivity contribution in [3.8, 4) is 0 Å². The Morgan fingerprint density at radius 3 is 2.55 bits per heavy atom. The standard InChI is InChI=1S/C33H44FNO4S/c1-30-15-14-25(36)17-24(30)12-13-26-31(2)18-23(20-35(39)16-8-11-22-9-6-5-7-10-22)28(29(38)40-21-34)32(31,3)19-27(37)33(26,30)4/h5-7,9-10,14-15,17,23,26-28,37,39H,8,11-13,16,18-21H2,1-4H3/t23-,26-,27-,28+,30-,31-,32+,33+/m0/s1. The molecule has 5 rings (SSSR count). The van der Waals surface area contributed by atoms with Crippen LogP contribution >= 0.6 is 11.8 Å². The van der Waals surface area contributed by atoms with Gasteiger partial charge in [-0.15, -0.1) is 0 Å². The number of thioether (sulfide) groups is 1. The van der Waals surface area contributed by atoms with Gasteiger partial charge >= 0.3 is 0 Å². The van der Waals surface area contributed by atoms with Crippen molar-refractivity contribution in [2.75, 3.05) is 19.1 Å². The van der Waals surface area contributed by atoms with Crippen LogP contribution in [0.15, 0.2) is 54.1 Å². The molecule has 1 aromatic carbocycles. The highest BCUT2D eigenvalue weighted by Gasteiger charge is 2.74. The number of hydroxylamine groups is 2. The van der Waals surface area contributed by atoms with Crippen LogP contribution in [0.5, 0.6) is 0 Å². The molecule has 0 unspecified atom stereocenters. The van der Waals surface area contributed by atoms with Gasteiger partial charge in [-0.05, 0) is 78.9 Å². The minimum atomic E-state index is -0.774. The number of halogens is 1. The molecule has 1 aromatic rings. The van der Waals surface area contributed by atoms with Crippen LogP contribution in [0.4, 0.5) is 4.39 Å². The van der Waals surface area contributed by atoms with E-state index < -0.39 is 34.3 Å². The van der Waals surface area contributed by atoms with Gasteiger partial charge in [0.1, 0.15) is 6.01 Å². The van der Waals surface area contributed by atoms with Crippen LogP contribution in [0.2, 0.25) is 0 Å². The second-order valence-corrected chi connectivity index (χ2v) is 14.5. The largest absolute Gasteiger partial charge is 0.392 e. The van der Waals surface area contributed by atoms with E-state index in [2.05, 4.69) is 39.8 Å². The molecule has 0 spiro atoms. The first kappa shape index (κ1) is 29.7. The molecule has 3 saturated carbocycles. The number of carbonyl (C=O) groups excluding carboxylic acids is 2. The van der Waals surface area contributed by atoms with E-state index >= 15 is 0 Å². The molecule has 4 aliphatic rings. The first-order valence-electron chi connectivity index (χ1n) is 14.7. The Bertz CT molecular complexity index is 1200. The number of carbonyl (C=O) groups is 2. The van der Waals surface area contributed by atoms with Gasteiger partial charge in [-0.3, -0.25) is 9.59 Å². The number of allylic oxidation sites excluding steroid dienone is 4. The lowest BCUT2D eigenvalue weighted by atomic mass is 9.36. The molecule has 218 valence electrons. The van der Waals surface area contributed by atoms with Gasteiger partial charge in [0.25, 0.3) is 0 Å². The maximum absolute atomic E-state index is 13.6. The zero-order valence-electron chi connectivity index (χ0n) is 24.2. The molecular weight excluding hydrogens is 525 g/mol. The monoisotopic (exact) mass is 569 g/mol. The van der Waals surface area contributed by atoms with E-state index in [0.717, 1.165) is 49.4 Å². The van der Waals surface area contributed by atoms with Crippen molar-refractivity contribution in [1.82, 2.24) is 5.06 Å². The molecule has 0 aromatic heterocycles. The van der Waals surface area contributed by atoms with Crippen LogP contribution < -0.4 is 0 Å². The minimum Gasteiger partial charge on any atom is -0.392 e. The van der Waals surface area contributed by atoms with Crippen molar-refractivity contribution >= 4 is 22.7 Å². The van der Waals surface area contributed by atoms with Crippen LogP contribution in [0.3, 0.4) is 0 Å². The molecule has 0 heterocycles. The molecule has 8 atom stereocenters. The van der Waals surface area contributed by atoms with Gasteiger partial charge in [-0.2, -0.15) is 5.06 Å². The number of fused-ring (bicyclic) bond motifs is 5. The predicted molar refractivity (Wildman–Crippen MR) is 156 cm³/mol. The summed E-state index contributed by atoms with van der Waals surface area (Å²) in [6.07, 6.45) is 9.11. The summed E-state index contributed by atoms with van der Waals surface area (Å²) in [6, 6.07) is 9.41. The third kappa shape index (κ3) is 4.47. The van der Waals surface area contributed by atoms with Gasteiger partial charge in [0, 0.05) is 29.8 Å². The molecule has 0 saturated heterocycles. The number of hydrogen-bond donors (Lipinski definition) is 2. The SMILES string of the molecule is C[C@]12[C@@H](CCC3=CC(=O)C=C[C@@]31C)[C@]1(C)C[C@@H](CN(O)CCCc3ccccc3)[C@H](C(=O)SCF)[C@@]1(C)C[C@@H]2O. The Labute approximate surface area is 242 Å². The molecule has 0 bridgehead atoms. The number of ketones is 1. The average molecular weight is 570 g/mol. The highest BCUT2D eigenvalue weighted by molar-refractivity contribution is 8.13. The number of rotatable bonds is 8. The summed E-state index contributed by atoms with van der Waals surface area (Å²) in [7, 11) is 0. The second-order valence-electron chi connectivity index (χ2n) is 13.6. The Morgan fingerprint density at radius 2 is 1.85 bits per heavy atom. The third-order valence-electron chi connectivity index (χ3n) is 12.0. The smallest absolute Gasteiger partial charge is 0.195 e. The molecule has 2 N–H and O–H groups in total. The van der Waals surface area contributed by atoms with E-state index in [1.165, 1.54) is 10.6 Å². The van der Waals surface area contributed by atoms with Gasteiger partial charge in [0.2, 0.25) is 0 Å². The summed E-state index contributed by atoms with van der Waals surface area (Å²) in [5, 5.41) is 24.2. The number of aryl methyl sites for hydroxylation is 1. The van der Waals surface area contributed by atoms with E-state index in [-0.39, 0.29) is 28.1 Å². The summed E-state index contributed by atoms with van der Waals surface area (Å²) < 4.78 is 13.5. The lowest BCUT2D eigenvalue weighted by molar-refractivity contribution is -0.211. The summed E-state index contributed by atoms with van der Waals surface area (Å²) in [5.41, 5.74) is 0.474. The normalized spacial score (nSPS) is 40.4. The Balaban J connectivity index is 1.44. The molecule has 5 nitrogen and oxygen atoms in total. The van der Waals surface area contributed by atoms with Crippen molar-refractivity contribution in [3.63, 3.8) is 0 Å². The second kappa shape index (κ2) is 10.8. The molecule has 7 heteroatoms. The van der Waals surface area contributed by atoms with Crippen molar-refractivity contribution < 1.29 is 24.3 Å². The van der Waals surface area contributed by atoms with Gasteiger partial charge in [-0.25, -0.2) is 4.39 Å². The maximum atomic E-state index is 13.6. The quantitative estimate of drug-likeness (QED) is 0.353. The van der Waals surface area contributed by atoms with E-state index in [4.69, 9.17) is 0 Å². The van der Waals surface area contributed by atoms with Gasteiger partial charge in [0.05, 0.1) is 6.10 Å². The van der Waals surface area contributed by atoms with Crippen LogP contribution in [0.1, 0.15) is 65.4 Å². The van der Waals surface area contributed by atoms with E-state index in [1.807, 2.05) is 24.3 Å². The van der Waals surface area contributed by atoms with Crippen LogP contribution in [-0.2, 0) is 16.0 Å². The number of nitrogens with zero attached hydrogens (tertiary/aromatic N) is 1. The fraction of sp³-hybridized carbons (Fsp3) is 0.636. The molecule has 0 aliphatic heterocycles. The molecular formula is C33H44FNO4S. The molecule has 40 heavy (non-hydrogen) atoms. The first-order valence-corrected chi connectivity index (χ1v) is 15.7. The lowest BCUT2D eigenvalue weighted by Gasteiger charge is -2.68. The lowest BCUT2D eigenvalue weighted by Crippen LogP contribution is -2.66. The number of aliphatic hydroxyl groups is 1. The van der Waals surface area contributed by atoms with Crippen LogP contribution in [0, 0.1) is 39.4 Å². The highest BCUT2D eigenvalue weighted by Crippen LogP contribution is 2.76. The van der Waals surface area contributed by atoms with Gasteiger partial charge < -0.3 is 10.3 Å². The maximum Gasteiger partial charge on any atom is 0.195 e. The van der Waals surface area contributed by atoms with Crippen LogP contribution in [-0.4, -0.2) is 51.5 Å². The molecule has 3 fully saturated rings. The summed E-state index contributed by atoms with van der Waals surface area (Å²) in [6.45, 7) is 9.56. The number of aliphatic hydroxyl groups excluding tert-OH is 1. The fourth-order valence-corrected chi connectivity index (χ4v) is 10.4. The van der Waals surface area contributed by atoms with Crippen molar-refractivity contribution in [2.45, 2.75) is 72.3 Å². The van der Waals surface area contributed by atoms with Crippen LogP contribution in [0.25, 0.3) is 0 Å². The minimum absolute atomic E-state index is 0.000939. The Kier molecular flexibility index (Phi) is 8.01. The highest BCUT2D eigenvalue weighted by atomic mass is 32.2. The third-order valence-corrected chi connectivity index (χ3v) is 12.6. The predicted octanol–water partition coefficient (Wildman–Crippen LogP) is 6.40. The summed E-state index contributed by atoms with van der Waals surface area (Å²) >= 11 is 0.730. The Hall–Kier alpha value is -1.80. The van der Waals surface area contributed by atoms with Crippen molar-refractivity contribution in [3.05, 3.63) is 59.7 Å². The van der Waals surface area contributed by atoms with Crippen molar-refractivity contribution in [2.24, 2.45) is 39.4 Å².